The average molecular weight is 861 g/mol. The third-order valence-corrected chi connectivity index (χ3v) is 14.0. The van der Waals surface area contributed by atoms with E-state index in [2.05, 4.69) is 267 Å². The second kappa shape index (κ2) is 16.5. The number of hydrogen-bond donors (Lipinski definition) is 0. The van der Waals surface area contributed by atoms with Gasteiger partial charge >= 0.3 is 0 Å². The van der Waals surface area contributed by atoms with Gasteiger partial charge in [-0.05, 0) is 156 Å². The zero-order valence-electron chi connectivity index (χ0n) is 37.4. The Kier molecular flexibility index (Phi) is 9.62. The molecule has 0 heteroatoms. The molecule has 0 unspecified atom stereocenters. The molecule has 0 aliphatic rings. The summed E-state index contributed by atoms with van der Waals surface area (Å²) in [4.78, 5) is 0. The van der Waals surface area contributed by atoms with Crippen molar-refractivity contribution in [3.63, 3.8) is 0 Å². The number of hydrogen-bond acceptors (Lipinski definition) is 0. The molecule has 0 saturated carbocycles. The molecule has 0 heterocycles. The first-order chi connectivity index (χ1) is 33.7. The molecule has 0 aliphatic carbocycles. The molecule has 13 rings (SSSR count). The van der Waals surface area contributed by atoms with E-state index in [1.54, 1.807) is 0 Å². The summed E-state index contributed by atoms with van der Waals surface area (Å²) in [6, 6.07) is 94.0. The van der Waals surface area contributed by atoms with Gasteiger partial charge in [0.15, 0.2) is 0 Å². The fraction of sp³-hybridized carbons (Fsp3) is 0. The van der Waals surface area contributed by atoms with Gasteiger partial charge in [-0.1, -0.05) is 243 Å². The molecule has 13 aromatic carbocycles. The van der Waals surface area contributed by atoms with Gasteiger partial charge < -0.3 is 0 Å². The van der Waals surface area contributed by atoms with Crippen LogP contribution in [0, 0.1) is 0 Å². The third kappa shape index (κ3) is 6.86. The molecule has 0 amide bonds. The SMILES string of the molecule is C(=C\c1cccc(-c2c3ccccc3c(-c3ccc(-c4ccc5c(-c6ccc7ccccc7c6)c6ccccc6c(-c6ccc7ccccc7c6)c5c4)cc3)c3ccccc23)c1)/c1ccccc1. The van der Waals surface area contributed by atoms with Crippen molar-refractivity contribution in [3.05, 3.63) is 266 Å². The molecule has 0 aromatic heterocycles. The molecule has 0 bridgehead atoms. The van der Waals surface area contributed by atoms with E-state index >= 15 is 0 Å². The summed E-state index contributed by atoms with van der Waals surface area (Å²) in [5, 5.41) is 15.0. The Labute approximate surface area is 396 Å². The van der Waals surface area contributed by atoms with Crippen molar-refractivity contribution in [1.29, 1.82) is 0 Å². The van der Waals surface area contributed by atoms with Crippen LogP contribution in [0.5, 0.6) is 0 Å². The minimum absolute atomic E-state index is 1.18. The van der Waals surface area contributed by atoms with Crippen LogP contribution in [0.25, 0.3) is 132 Å². The first kappa shape index (κ1) is 39.5. The van der Waals surface area contributed by atoms with Crippen LogP contribution in [0.15, 0.2) is 255 Å². The lowest BCUT2D eigenvalue weighted by atomic mass is 9.84. The number of rotatable bonds is 7. The monoisotopic (exact) mass is 860 g/mol. The van der Waals surface area contributed by atoms with E-state index in [1.807, 2.05) is 0 Å². The minimum Gasteiger partial charge on any atom is -0.0622 e. The minimum atomic E-state index is 1.18. The Hall–Kier alpha value is -8.84. The van der Waals surface area contributed by atoms with Crippen molar-refractivity contribution in [2.75, 3.05) is 0 Å². The maximum atomic E-state index is 2.44. The van der Waals surface area contributed by atoms with Crippen molar-refractivity contribution < 1.29 is 0 Å². The average Bonchev–Trinajstić information content (AvgIpc) is 3.41. The molecule has 13 aromatic rings. The third-order valence-electron chi connectivity index (χ3n) is 14.0. The predicted molar refractivity (Wildman–Crippen MR) is 294 cm³/mol. The van der Waals surface area contributed by atoms with Gasteiger partial charge in [0.1, 0.15) is 0 Å². The molecular formula is C68H44. The maximum absolute atomic E-state index is 2.44. The van der Waals surface area contributed by atoms with Gasteiger partial charge in [0.25, 0.3) is 0 Å². The van der Waals surface area contributed by atoms with Gasteiger partial charge in [0.05, 0.1) is 0 Å². The van der Waals surface area contributed by atoms with Crippen molar-refractivity contribution >= 4 is 76.8 Å². The van der Waals surface area contributed by atoms with E-state index in [9.17, 15) is 0 Å². The summed E-state index contributed by atoms with van der Waals surface area (Å²) in [5.74, 6) is 0. The highest BCUT2D eigenvalue weighted by Gasteiger charge is 2.20. The van der Waals surface area contributed by atoms with Gasteiger partial charge in [-0.15, -0.1) is 0 Å². The largest absolute Gasteiger partial charge is 0.0622 e. The smallest absolute Gasteiger partial charge is 0.00259 e. The number of benzene rings is 13. The lowest BCUT2D eigenvalue weighted by molar-refractivity contribution is 1.62. The summed E-state index contributed by atoms with van der Waals surface area (Å²) >= 11 is 0. The van der Waals surface area contributed by atoms with Crippen LogP contribution in [0.1, 0.15) is 11.1 Å². The summed E-state index contributed by atoms with van der Waals surface area (Å²) in [6.45, 7) is 0. The molecule has 0 aliphatic heterocycles. The van der Waals surface area contributed by atoms with Crippen LogP contribution >= 0.6 is 0 Å². The Morgan fingerprint density at radius 3 is 1.09 bits per heavy atom. The van der Waals surface area contributed by atoms with E-state index in [0.717, 1.165) is 0 Å². The van der Waals surface area contributed by atoms with Gasteiger partial charge in [0, 0.05) is 0 Å². The number of fused-ring (bicyclic) bond motifs is 6. The topological polar surface area (TPSA) is 0 Å². The van der Waals surface area contributed by atoms with E-state index in [4.69, 9.17) is 0 Å². The molecule has 68 heavy (non-hydrogen) atoms. The van der Waals surface area contributed by atoms with Crippen molar-refractivity contribution in [3.8, 4) is 55.6 Å². The first-order valence-electron chi connectivity index (χ1n) is 23.6. The zero-order chi connectivity index (χ0) is 45.0. The summed E-state index contributed by atoms with van der Waals surface area (Å²) < 4.78 is 0. The Morgan fingerprint density at radius 1 is 0.176 bits per heavy atom. The summed E-state index contributed by atoms with van der Waals surface area (Å²) in [6.07, 6.45) is 4.40. The highest BCUT2D eigenvalue weighted by molar-refractivity contribution is 6.24. The fourth-order valence-electron chi connectivity index (χ4n) is 10.8. The Balaban J connectivity index is 0.967. The zero-order valence-corrected chi connectivity index (χ0v) is 37.4. The molecule has 0 spiro atoms. The van der Waals surface area contributed by atoms with Gasteiger partial charge in [-0.3, -0.25) is 0 Å². The van der Waals surface area contributed by atoms with E-state index in [1.165, 1.54) is 131 Å². The van der Waals surface area contributed by atoms with Crippen LogP contribution in [0.2, 0.25) is 0 Å². The van der Waals surface area contributed by atoms with Gasteiger partial charge in [0.2, 0.25) is 0 Å². The highest BCUT2D eigenvalue weighted by atomic mass is 14.2. The predicted octanol–water partition coefficient (Wildman–Crippen LogP) is 19.1. The molecule has 0 atom stereocenters. The summed E-state index contributed by atoms with van der Waals surface area (Å²) in [7, 11) is 0. The van der Waals surface area contributed by atoms with Crippen molar-refractivity contribution in [2.24, 2.45) is 0 Å². The molecule has 0 nitrogen and oxygen atoms in total. The Bertz CT molecular complexity index is 4060. The van der Waals surface area contributed by atoms with Crippen LogP contribution in [-0.4, -0.2) is 0 Å². The summed E-state index contributed by atoms with van der Waals surface area (Å²) in [5.41, 5.74) is 14.7. The molecule has 0 fully saturated rings. The molecular weight excluding hydrogens is 817 g/mol. The lowest BCUT2D eigenvalue weighted by Crippen LogP contribution is -1.92. The van der Waals surface area contributed by atoms with Gasteiger partial charge in [-0.25, -0.2) is 0 Å². The van der Waals surface area contributed by atoms with Crippen LogP contribution < -0.4 is 0 Å². The normalized spacial score (nSPS) is 11.8. The molecule has 316 valence electrons. The first-order valence-corrected chi connectivity index (χ1v) is 23.6. The van der Waals surface area contributed by atoms with Crippen LogP contribution in [-0.2, 0) is 0 Å². The van der Waals surface area contributed by atoms with E-state index < -0.39 is 0 Å². The molecule has 0 radical (unpaired) electrons. The second-order valence-electron chi connectivity index (χ2n) is 18.0. The molecule has 0 saturated heterocycles. The molecule has 0 N–H and O–H groups in total. The quantitative estimate of drug-likeness (QED) is 0.111. The highest BCUT2D eigenvalue weighted by Crippen LogP contribution is 2.47. The van der Waals surface area contributed by atoms with Crippen molar-refractivity contribution in [1.82, 2.24) is 0 Å². The fourth-order valence-corrected chi connectivity index (χ4v) is 10.8. The van der Waals surface area contributed by atoms with Crippen LogP contribution in [0.4, 0.5) is 0 Å². The van der Waals surface area contributed by atoms with E-state index in [0.29, 0.717) is 0 Å². The van der Waals surface area contributed by atoms with E-state index in [-0.39, 0.29) is 0 Å². The van der Waals surface area contributed by atoms with Crippen LogP contribution in [0.3, 0.4) is 0 Å². The second-order valence-corrected chi connectivity index (χ2v) is 18.0. The standard InChI is InChI=1S/C68H44/c1-2-15-45(16-3-1)29-30-46-17-14-22-54(41-46)66-59-25-10-8-23-57(59)65(58-24-9-11-26-60(58)66)50-35-31-49(32-36-50)53-39-40-63-64(44-53)68(56-38-34-48-19-5-7-21-52(48)43-56)62-28-13-12-27-61(62)67(63)55-37-33-47-18-4-6-20-51(47)42-55/h1-44H/b30-29+. The maximum Gasteiger partial charge on any atom is -0.00259 e. The van der Waals surface area contributed by atoms with Crippen molar-refractivity contribution in [2.45, 2.75) is 0 Å². The van der Waals surface area contributed by atoms with Gasteiger partial charge in [-0.2, -0.15) is 0 Å². The lowest BCUT2D eigenvalue weighted by Gasteiger charge is -2.20. The Morgan fingerprint density at radius 2 is 0.544 bits per heavy atom.